The van der Waals surface area contributed by atoms with Crippen molar-refractivity contribution in [2.24, 2.45) is 0 Å². The van der Waals surface area contributed by atoms with E-state index in [1.165, 1.54) is 24.3 Å². The molecule has 3 rings (SSSR count). The molecule has 0 heterocycles. The maximum absolute atomic E-state index is 12.9. The molecule has 3 aromatic carbocycles. The first kappa shape index (κ1) is 16.5. The van der Waals surface area contributed by atoms with Gasteiger partial charge in [-0.15, -0.1) is 0 Å². The fourth-order valence-electron chi connectivity index (χ4n) is 2.26. The summed E-state index contributed by atoms with van der Waals surface area (Å²) in [4.78, 5) is 12.3. The minimum atomic E-state index is -0.323. The van der Waals surface area contributed by atoms with Gasteiger partial charge in [0.25, 0.3) is 5.91 Å². The summed E-state index contributed by atoms with van der Waals surface area (Å²) in [5.41, 5.74) is 1.08. The average molecular weight is 337 g/mol. The molecule has 0 spiro atoms. The van der Waals surface area contributed by atoms with Gasteiger partial charge in [-0.05, 0) is 60.7 Å². The van der Waals surface area contributed by atoms with Crippen LogP contribution in [0, 0.1) is 5.82 Å². The van der Waals surface area contributed by atoms with Crippen LogP contribution in [0.3, 0.4) is 0 Å². The third-order valence-electron chi connectivity index (χ3n) is 3.52. The molecule has 0 aliphatic heterocycles. The number of methoxy groups -OCH3 is 1. The summed E-state index contributed by atoms with van der Waals surface area (Å²) in [7, 11) is 1.55. The van der Waals surface area contributed by atoms with Gasteiger partial charge in [-0.25, -0.2) is 4.39 Å². The molecular formula is C20H16FNO3. The minimum absolute atomic E-state index is 0.252. The number of hydrogen-bond donors (Lipinski definition) is 1. The Morgan fingerprint density at radius 3 is 2.12 bits per heavy atom. The number of halogens is 1. The fraction of sp³-hybridized carbons (Fsp3) is 0.0500. The molecular weight excluding hydrogens is 321 g/mol. The lowest BCUT2D eigenvalue weighted by Gasteiger charge is -2.10. The summed E-state index contributed by atoms with van der Waals surface area (Å²) < 4.78 is 23.7. The van der Waals surface area contributed by atoms with Crippen molar-refractivity contribution in [3.8, 4) is 17.2 Å². The number of carbonyl (C=O) groups excluding carboxylic acids is 1. The second-order valence-electron chi connectivity index (χ2n) is 5.23. The van der Waals surface area contributed by atoms with Gasteiger partial charge >= 0.3 is 0 Å². The zero-order valence-electron chi connectivity index (χ0n) is 13.5. The summed E-state index contributed by atoms with van der Waals surface area (Å²) in [6.45, 7) is 0. The number of nitrogens with one attached hydrogen (secondary N) is 1. The molecule has 0 fully saturated rings. The van der Waals surface area contributed by atoms with E-state index in [0.717, 1.165) is 0 Å². The molecule has 126 valence electrons. The van der Waals surface area contributed by atoms with Crippen LogP contribution < -0.4 is 14.8 Å². The third kappa shape index (κ3) is 4.14. The molecule has 0 atom stereocenters. The Kier molecular flexibility index (Phi) is 4.95. The van der Waals surface area contributed by atoms with Crippen molar-refractivity contribution in [3.05, 3.63) is 84.2 Å². The molecule has 0 unspecified atom stereocenters. The Morgan fingerprint density at radius 1 is 0.880 bits per heavy atom. The van der Waals surface area contributed by atoms with Gasteiger partial charge in [-0.2, -0.15) is 0 Å². The molecule has 1 amide bonds. The molecule has 0 bridgehead atoms. The first-order valence-electron chi connectivity index (χ1n) is 7.63. The van der Waals surface area contributed by atoms with Crippen LogP contribution >= 0.6 is 0 Å². The molecule has 0 aromatic heterocycles. The Balaban J connectivity index is 1.69. The number of rotatable bonds is 5. The lowest BCUT2D eigenvalue weighted by molar-refractivity contribution is 0.102. The van der Waals surface area contributed by atoms with Crippen molar-refractivity contribution in [1.82, 2.24) is 0 Å². The topological polar surface area (TPSA) is 47.6 Å². The first-order valence-corrected chi connectivity index (χ1v) is 7.63. The number of anilines is 1. The summed E-state index contributed by atoms with van der Waals surface area (Å²) in [6.07, 6.45) is 0. The number of ether oxygens (including phenoxy) is 2. The van der Waals surface area contributed by atoms with Crippen molar-refractivity contribution in [3.63, 3.8) is 0 Å². The Bertz CT molecular complexity index is 861. The van der Waals surface area contributed by atoms with E-state index in [2.05, 4.69) is 5.32 Å². The monoisotopic (exact) mass is 337 g/mol. The first-order chi connectivity index (χ1) is 12.2. The van der Waals surface area contributed by atoms with Gasteiger partial charge in [-0.1, -0.05) is 12.1 Å². The van der Waals surface area contributed by atoms with Crippen LogP contribution in [0.25, 0.3) is 0 Å². The average Bonchev–Trinajstić information content (AvgIpc) is 2.64. The smallest absolute Gasteiger partial charge is 0.255 e. The molecule has 0 aliphatic carbocycles. The quantitative estimate of drug-likeness (QED) is 0.722. The Hall–Kier alpha value is -3.34. The highest BCUT2D eigenvalue weighted by Crippen LogP contribution is 2.25. The molecule has 3 aromatic rings. The van der Waals surface area contributed by atoms with E-state index in [0.29, 0.717) is 28.5 Å². The standard InChI is InChI=1S/C20H16FNO3/c1-24-19-5-3-2-4-18(19)22-20(23)14-6-10-16(11-7-14)25-17-12-8-15(21)9-13-17/h2-13H,1H3,(H,22,23). The maximum atomic E-state index is 12.9. The number of carbonyl (C=O) groups is 1. The van der Waals surface area contributed by atoms with Gasteiger partial charge in [-0.3, -0.25) is 4.79 Å². The van der Waals surface area contributed by atoms with Crippen LogP contribution in [0.4, 0.5) is 10.1 Å². The van der Waals surface area contributed by atoms with Gasteiger partial charge in [0.05, 0.1) is 12.8 Å². The van der Waals surface area contributed by atoms with Crippen molar-refractivity contribution in [2.75, 3.05) is 12.4 Å². The zero-order chi connectivity index (χ0) is 17.6. The van der Waals surface area contributed by atoms with Gasteiger partial charge in [0.1, 0.15) is 23.1 Å². The summed E-state index contributed by atoms with van der Waals surface area (Å²) >= 11 is 0. The van der Waals surface area contributed by atoms with Crippen LogP contribution in [-0.4, -0.2) is 13.0 Å². The highest BCUT2D eigenvalue weighted by atomic mass is 19.1. The van der Waals surface area contributed by atoms with Crippen molar-refractivity contribution in [1.29, 1.82) is 0 Å². The van der Waals surface area contributed by atoms with E-state index < -0.39 is 0 Å². The van der Waals surface area contributed by atoms with E-state index in [1.807, 2.05) is 12.1 Å². The predicted molar refractivity (Wildman–Crippen MR) is 93.9 cm³/mol. The predicted octanol–water partition coefficient (Wildman–Crippen LogP) is 4.88. The SMILES string of the molecule is COc1ccccc1NC(=O)c1ccc(Oc2ccc(F)cc2)cc1. The summed E-state index contributed by atoms with van der Waals surface area (Å²) in [5.74, 6) is 1.09. The van der Waals surface area contributed by atoms with Crippen LogP contribution in [0.5, 0.6) is 17.2 Å². The molecule has 0 saturated heterocycles. The lowest BCUT2D eigenvalue weighted by atomic mass is 10.2. The van der Waals surface area contributed by atoms with E-state index in [-0.39, 0.29) is 11.7 Å². The van der Waals surface area contributed by atoms with Crippen molar-refractivity contribution < 1.29 is 18.7 Å². The minimum Gasteiger partial charge on any atom is -0.495 e. The molecule has 25 heavy (non-hydrogen) atoms. The second-order valence-corrected chi connectivity index (χ2v) is 5.23. The number of benzene rings is 3. The van der Waals surface area contributed by atoms with Crippen LogP contribution in [-0.2, 0) is 0 Å². The molecule has 0 saturated carbocycles. The molecule has 0 aliphatic rings. The maximum Gasteiger partial charge on any atom is 0.255 e. The second kappa shape index (κ2) is 7.49. The van der Waals surface area contributed by atoms with Gasteiger partial charge in [0, 0.05) is 5.56 Å². The largest absolute Gasteiger partial charge is 0.495 e. The molecule has 5 heteroatoms. The van der Waals surface area contributed by atoms with Gasteiger partial charge in [0.15, 0.2) is 0 Å². The van der Waals surface area contributed by atoms with E-state index in [9.17, 15) is 9.18 Å². The number of hydrogen-bond acceptors (Lipinski definition) is 3. The normalized spacial score (nSPS) is 10.2. The molecule has 4 nitrogen and oxygen atoms in total. The van der Waals surface area contributed by atoms with Crippen LogP contribution in [0.2, 0.25) is 0 Å². The molecule has 1 N–H and O–H groups in total. The molecule has 0 radical (unpaired) electrons. The number of para-hydroxylation sites is 2. The Labute approximate surface area is 144 Å². The van der Waals surface area contributed by atoms with Gasteiger partial charge < -0.3 is 14.8 Å². The summed E-state index contributed by atoms with van der Waals surface area (Å²) in [5, 5.41) is 2.81. The number of amides is 1. The highest BCUT2D eigenvalue weighted by Gasteiger charge is 2.09. The van der Waals surface area contributed by atoms with Gasteiger partial charge in [0.2, 0.25) is 0 Å². The Morgan fingerprint density at radius 2 is 1.48 bits per heavy atom. The van der Waals surface area contributed by atoms with E-state index >= 15 is 0 Å². The van der Waals surface area contributed by atoms with Crippen molar-refractivity contribution in [2.45, 2.75) is 0 Å². The third-order valence-corrected chi connectivity index (χ3v) is 3.52. The van der Waals surface area contributed by atoms with Crippen molar-refractivity contribution >= 4 is 11.6 Å². The zero-order valence-corrected chi connectivity index (χ0v) is 13.5. The van der Waals surface area contributed by atoms with Crippen LogP contribution in [0.15, 0.2) is 72.8 Å². The van der Waals surface area contributed by atoms with E-state index in [4.69, 9.17) is 9.47 Å². The van der Waals surface area contributed by atoms with Crippen LogP contribution in [0.1, 0.15) is 10.4 Å². The highest BCUT2D eigenvalue weighted by molar-refractivity contribution is 6.05. The lowest BCUT2D eigenvalue weighted by Crippen LogP contribution is -2.12. The van der Waals surface area contributed by atoms with E-state index in [1.54, 1.807) is 43.5 Å². The fourth-order valence-corrected chi connectivity index (χ4v) is 2.26. The summed E-state index contributed by atoms with van der Waals surface area (Å²) in [6, 6.07) is 19.6.